The Hall–Kier alpha value is -1.06. The molecule has 3 nitrogen and oxygen atoms in total. The van der Waals surface area contributed by atoms with Gasteiger partial charge in [0.15, 0.2) is 5.75 Å². The molecule has 1 aromatic rings. The predicted molar refractivity (Wildman–Crippen MR) is 67.9 cm³/mol. The first-order chi connectivity index (χ1) is 8.29. The first kappa shape index (κ1) is 12.4. The molecule has 0 aliphatic carbocycles. The number of benzene rings is 1. The largest absolute Gasteiger partial charge is 0.337 e. The van der Waals surface area contributed by atoms with Gasteiger partial charge in [-0.3, -0.25) is 0 Å². The highest BCUT2D eigenvalue weighted by Gasteiger charge is 2.14. The molecule has 1 atom stereocenters. The lowest BCUT2D eigenvalue weighted by Gasteiger charge is -2.13. The third-order valence-electron chi connectivity index (χ3n) is 3.06. The van der Waals surface area contributed by atoms with Gasteiger partial charge < -0.3 is 10.2 Å². The van der Waals surface area contributed by atoms with Crippen LogP contribution in [0.5, 0.6) is 5.75 Å². The minimum Gasteiger partial charge on any atom is -0.337 e. The number of nitrogens with one attached hydrogen (secondary N) is 1. The Kier molecular flexibility index (Phi) is 4.40. The molecule has 0 aromatic heterocycles. The van der Waals surface area contributed by atoms with E-state index in [-0.39, 0.29) is 0 Å². The number of unbranched alkanes of at least 4 members (excludes halogenated alkanes) is 1. The van der Waals surface area contributed by atoms with Crippen molar-refractivity contribution in [3.8, 4) is 5.75 Å². The topological polar surface area (TPSA) is 30.5 Å². The molecule has 1 aliphatic rings. The molecular weight excluding hydrogens is 214 g/mol. The standard InChI is InChI=1S/C14H21NO2/c1-3-4-7-15-11(2)8-12-5-6-13-10-16-17-14(13)9-12/h5-6,9,11,15H,3-4,7-8,10H2,1-2H3. The van der Waals surface area contributed by atoms with Crippen LogP contribution in [0.15, 0.2) is 18.2 Å². The number of hydrogen-bond donors (Lipinski definition) is 1. The van der Waals surface area contributed by atoms with Crippen LogP contribution in [-0.4, -0.2) is 12.6 Å². The Balaban J connectivity index is 1.86. The molecule has 0 bridgehead atoms. The van der Waals surface area contributed by atoms with Crippen molar-refractivity contribution in [2.45, 2.75) is 45.8 Å². The summed E-state index contributed by atoms with van der Waals surface area (Å²) in [5.41, 5.74) is 2.44. The molecule has 3 heteroatoms. The maximum Gasteiger partial charge on any atom is 0.171 e. The van der Waals surface area contributed by atoms with E-state index in [1.54, 1.807) is 0 Å². The van der Waals surface area contributed by atoms with Crippen molar-refractivity contribution in [3.05, 3.63) is 29.3 Å². The lowest BCUT2D eigenvalue weighted by atomic mass is 10.0. The van der Waals surface area contributed by atoms with E-state index in [2.05, 4.69) is 37.4 Å². The van der Waals surface area contributed by atoms with Crippen molar-refractivity contribution in [1.29, 1.82) is 0 Å². The summed E-state index contributed by atoms with van der Waals surface area (Å²) >= 11 is 0. The molecule has 1 heterocycles. The van der Waals surface area contributed by atoms with Gasteiger partial charge in [-0.2, -0.15) is 4.89 Å². The van der Waals surface area contributed by atoms with Crippen LogP contribution < -0.4 is 10.2 Å². The normalized spacial score (nSPS) is 15.4. The minimum atomic E-state index is 0.502. The van der Waals surface area contributed by atoms with E-state index in [1.807, 2.05) is 0 Å². The fraction of sp³-hybridized carbons (Fsp3) is 0.571. The van der Waals surface area contributed by atoms with Crippen LogP contribution in [-0.2, 0) is 17.9 Å². The Labute approximate surface area is 103 Å². The van der Waals surface area contributed by atoms with E-state index in [9.17, 15) is 0 Å². The van der Waals surface area contributed by atoms with E-state index in [1.165, 1.54) is 18.4 Å². The third-order valence-corrected chi connectivity index (χ3v) is 3.06. The van der Waals surface area contributed by atoms with Gasteiger partial charge in [0, 0.05) is 11.6 Å². The van der Waals surface area contributed by atoms with Gasteiger partial charge in [0.05, 0.1) is 0 Å². The first-order valence-corrected chi connectivity index (χ1v) is 6.44. The van der Waals surface area contributed by atoms with Gasteiger partial charge in [-0.25, -0.2) is 0 Å². The lowest BCUT2D eigenvalue weighted by molar-refractivity contribution is -0.194. The summed E-state index contributed by atoms with van der Waals surface area (Å²) in [6, 6.07) is 6.84. The SMILES string of the molecule is CCCCNC(C)Cc1ccc2c(c1)OOC2. The molecule has 0 spiro atoms. The van der Waals surface area contributed by atoms with Gasteiger partial charge in [-0.05, 0) is 37.9 Å². The second-order valence-corrected chi connectivity index (χ2v) is 4.70. The summed E-state index contributed by atoms with van der Waals surface area (Å²) in [6.07, 6.45) is 3.51. The van der Waals surface area contributed by atoms with Gasteiger partial charge in [0.25, 0.3) is 0 Å². The van der Waals surface area contributed by atoms with Crippen LogP contribution in [0.1, 0.15) is 37.8 Å². The van der Waals surface area contributed by atoms with E-state index < -0.39 is 0 Å². The average molecular weight is 235 g/mol. The van der Waals surface area contributed by atoms with Crippen molar-refractivity contribution >= 4 is 0 Å². The van der Waals surface area contributed by atoms with Crippen LogP contribution in [0.2, 0.25) is 0 Å². The van der Waals surface area contributed by atoms with Crippen LogP contribution >= 0.6 is 0 Å². The number of hydrogen-bond acceptors (Lipinski definition) is 3. The zero-order valence-electron chi connectivity index (χ0n) is 10.7. The van der Waals surface area contributed by atoms with E-state index in [0.717, 1.165) is 24.3 Å². The zero-order chi connectivity index (χ0) is 12.1. The van der Waals surface area contributed by atoms with Crippen LogP contribution in [0.3, 0.4) is 0 Å². The Bertz CT molecular complexity index is 365. The van der Waals surface area contributed by atoms with Crippen molar-refractivity contribution < 1.29 is 9.78 Å². The second kappa shape index (κ2) is 6.03. The summed E-state index contributed by atoms with van der Waals surface area (Å²) in [6.45, 7) is 6.10. The first-order valence-electron chi connectivity index (χ1n) is 6.44. The second-order valence-electron chi connectivity index (χ2n) is 4.70. The van der Waals surface area contributed by atoms with Crippen LogP contribution in [0.4, 0.5) is 0 Å². The van der Waals surface area contributed by atoms with Crippen LogP contribution in [0.25, 0.3) is 0 Å². The summed E-state index contributed by atoms with van der Waals surface area (Å²) in [5.74, 6) is 0.878. The average Bonchev–Trinajstić information content (AvgIpc) is 2.76. The van der Waals surface area contributed by atoms with Crippen molar-refractivity contribution in [2.24, 2.45) is 0 Å². The Morgan fingerprint density at radius 3 is 3.12 bits per heavy atom. The highest BCUT2D eigenvalue weighted by atomic mass is 17.2. The molecule has 0 amide bonds. The molecule has 1 unspecified atom stereocenters. The van der Waals surface area contributed by atoms with Gasteiger partial charge in [0.2, 0.25) is 0 Å². The molecular formula is C14H21NO2. The molecule has 1 aromatic carbocycles. The molecule has 1 N–H and O–H groups in total. The molecule has 94 valence electrons. The van der Waals surface area contributed by atoms with Gasteiger partial charge in [-0.15, -0.1) is 0 Å². The van der Waals surface area contributed by atoms with Gasteiger partial charge in [-0.1, -0.05) is 25.5 Å². The monoisotopic (exact) mass is 235 g/mol. The highest BCUT2D eigenvalue weighted by molar-refractivity contribution is 5.38. The smallest absolute Gasteiger partial charge is 0.171 e. The van der Waals surface area contributed by atoms with E-state index in [0.29, 0.717) is 12.6 Å². The maximum absolute atomic E-state index is 5.10. The molecule has 2 rings (SSSR count). The molecule has 17 heavy (non-hydrogen) atoms. The molecule has 1 aliphatic heterocycles. The number of fused-ring (bicyclic) bond motifs is 1. The highest BCUT2D eigenvalue weighted by Crippen LogP contribution is 2.27. The van der Waals surface area contributed by atoms with Crippen molar-refractivity contribution in [3.63, 3.8) is 0 Å². The summed E-state index contributed by atoms with van der Waals surface area (Å²) in [4.78, 5) is 10.0. The Morgan fingerprint density at radius 1 is 1.41 bits per heavy atom. The van der Waals surface area contributed by atoms with E-state index in [4.69, 9.17) is 9.78 Å². The fourth-order valence-corrected chi connectivity index (χ4v) is 2.03. The third kappa shape index (κ3) is 3.45. The summed E-state index contributed by atoms with van der Waals surface area (Å²) in [5, 5.41) is 3.53. The quantitative estimate of drug-likeness (QED) is 0.607. The number of rotatable bonds is 6. The summed E-state index contributed by atoms with van der Waals surface area (Å²) < 4.78 is 0. The fourth-order valence-electron chi connectivity index (χ4n) is 2.03. The molecule has 0 saturated carbocycles. The van der Waals surface area contributed by atoms with E-state index >= 15 is 0 Å². The molecule has 0 fully saturated rings. The van der Waals surface area contributed by atoms with Crippen LogP contribution in [0, 0.1) is 0 Å². The van der Waals surface area contributed by atoms with Crippen molar-refractivity contribution in [2.75, 3.05) is 6.54 Å². The van der Waals surface area contributed by atoms with Crippen molar-refractivity contribution in [1.82, 2.24) is 5.32 Å². The lowest BCUT2D eigenvalue weighted by Crippen LogP contribution is -2.28. The zero-order valence-corrected chi connectivity index (χ0v) is 10.7. The summed E-state index contributed by atoms with van der Waals surface area (Å²) in [7, 11) is 0. The molecule has 0 radical (unpaired) electrons. The van der Waals surface area contributed by atoms with Gasteiger partial charge in [0.1, 0.15) is 6.61 Å². The van der Waals surface area contributed by atoms with Gasteiger partial charge >= 0.3 is 0 Å². The minimum absolute atomic E-state index is 0.502. The maximum atomic E-state index is 5.10. The molecule has 0 saturated heterocycles. The Morgan fingerprint density at radius 2 is 2.29 bits per heavy atom. The predicted octanol–water partition coefficient (Wildman–Crippen LogP) is 2.83.